The third-order valence-electron chi connectivity index (χ3n) is 3.58. The zero-order valence-electron chi connectivity index (χ0n) is 11.7. The highest BCUT2D eigenvalue weighted by Crippen LogP contribution is 2.26. The summed E-state index contributed by atoms with van der Waals surface area (Å²) in [4.78, 5) is 10.3. The van der Waals surface area contributed by atoms with Crippen molar-refractivity contribution in [2.45, 2.75) is 6.92 Å². The monoisotopic (exact) mass is 330 g/mol. The lowest BCUT2D eigenvalue weighted by Gasteiger charge is -2.35. The summed E-state index contributed by atoms with van der Waals surface area (Å²) >= 11 is 6.15. The molecule has 3 heterocycles. The van der Waals surface area contributed by atoms with Crippen molar-refractivity contribution in [1.82, 2.24) is 23.9 Å². The van der Waals surface area contributed by atoms with Gasteiger partial charge in [-0.05, 0) is 6.92 Å². The minimum absolute atomic E-state index is 0.385. The Balaban J connectivity index is 1.96. The second kappa shape index (κ2) is 5.08. The second-order valence-corrected chi connectivity index (χ2v) is 7.31. The Hall–Kier alpha value is -1.45. The molecule has 0 radical (unpaired) electrons. The molecule has 0 N–H and O–H groups in total. The Morgan fingerprint density at radius 2 is 1.90 bits per heavy atom. The third-order valence-corrected chi connectivity index (χ3v) is 5.25. The molecule has 0 bridgehead atoms. The van der Waals surface area contributed by atoms with Crippen molar-refractivity contribution in [2.75, 3.05) is 37.3 Å². The maximum atomic E-state index is 11.6. The maximum Gasteiger partial charge on any atom is 0.255 e. The Morgan fingerprint density at radius 1 is 1.24 bits per heavy atom. The van der Waals surface area contributed by atoms with Gasteiger partial charge in [0, 0.05) is 31.7 Å². The van der Waals surface area contributed by atoms with Crippen LogP contribution in [-0.2, 0) is 10.0 Å². The van der Waals surface area contributed by atoms with Crippen molar-refractivity contribution < 1.29 is 8.42 Å². The highest BCUT2D eigenvalue weighted by Gasteiger charge is 2.26. The standard InChI is InChI=1S/C11H15ClN6O2S/c1-8-9(12)15-11-13-7-14-18(11)10(8)16-3-5-17(6-4-16)21(2,19)20/h7H,3-6H2,1-2H3. The Bertz CT molecular complexity index is 781. The van der Waals surface area contributed by atoms with Crippen LogP contribution in [0.5, 0.6) is 0 Å². The fourth-order valence-corrected chi connectivity index (χ4v) is 3.47. The smallest absolute Gasteiger partial charge is 0.255 e. The van der Waals surface area contributed by atoms with Crippen molar-refractivity contribution in [3.63, 3.8) is 0 Å². The summed E-state index contributed by atoms with van der Waals surface area (Å²) in [7, 11) is -3.15. The fraction of sp³-hybridized carbons (Fsp3) is 0.545. The topological polar surface area (TPSA) is 83.7 Å². The van der Waals surface area contributed by atoms with Crippen LogP contribution >= 0.6 is 11.6 Å². The molecule has 1 aliphatic rings. The average molecular weight is 331 g/mol. The predicted molar refractivity (Wildman–Crippen MR) is 79.2 cm³/mol. The highest BCUT2D eigenvalue weighted by molar-refractivity contribution is 7.88. The fourth-order valence-electron chi connectivity index (χ4n) is 2.49. The van der Waals surface area contributed by atoms with Crippen LogP contribution in [0.3, 0.4) is 0 Å². The van der Waals surface area contributed by atoms with Gasteiger partial charge in [-0.2, -0.15) is 23.9 Å². The van der Waals surface area contributed by atoms with Gasteiger partial charge in [0.2, 0.25) is 10.0 Å². The van der Waals surface area contributed by atoms with Crippen molar-refractivity contribution >= 4 is 33.2 Å². The minimum Gasteiger partial charge on any atom is -0.353 e. The lowest BCUT2D eigenvalue weighted by molar-refractivity contribution is 0.386. The Kier molecular flexibility index (Phi) is 3.50. The molecule has 0 aliphatic carbocycles. The number of aromatic nitrogens is 4. The second-order valence-electron chi connectivity index (χ2n) is 4.97. The number of halogens is 1. The maximum absolute atomic E-state index is 11.6. The molecular formula is C11H15ClN6O2S. The number of rotatable bonds is 2. The highest BCUT2D eigenvalue weighted by atomic mass is 35.5. The van der Waals surface area contributed by atoms with E-state index in [9.17, 15) is 8.42 Å². The lowest BCUT2D eigenvalue weighted by Crippen LogP contribution is -2.49. The summed E-state index contributed by atoms with van der Waals surface area (Å²) in [5, 5.41) is 4.56. The largest absolute Gasteiger partial charge is 0.353 e. The van der Waals surface area contributed by atoms with E-state index in [0.717, 1.165) is 11.4 Å². The first-order valence-corrected chi connectivity index (χ1v) is 8.66. The van der Waals surface area contributed by atoms with E-state index in [1.165, 1.54) is 16.9 Å². The molecule has 0 saturated carbocycles. The van der Waals surface area contributed by atoms with Gasteiger partial charge >= 0.3 is 0 Å². The molecule has 1 saturated heterocycles. The average Bonchev–Trinajstić information content (AvgIpc) is 2.87. The molecule has 114 valence electrons. The van der Waals surface area contributed by atoms with E-state index in [4.69, 9.17) is 11.6 Å². The lowest BCUT2D eigenvalue weighted by atomic mass is 10.3. The van der Waals surface area contributed by atoms with Crippen molar-refractivity contribution in [3.8, 4) is 0 Å². The quantitative estimate of drug-likeness (QED) is 0.730. The number of anilines is 1. The van der Waals surface area contributed by atoms with E-state index in [1.807, 2.05) is 6.92 Å². The molecule has 1 aliphatic heterocycles. The summed E-state index contributed by atoms with van der Waals surface area (Å²) in [6, 6.07) is 0. The normalized spacial score (nSPS) is 17.6. The zero-order chi connectivity index (χ0) is 15.2. The van der Waals surface area contributed by atoms with Crippen LogP contribution in [0, 0.1) is 6.92 Å². The van der Waals surface area contributed by atoms with E-state index in [1.54, 1.807) is 4.52 Å². The van der Waals surface area contributed by atoms with Gasteiger partial charge in [-0.1, -0.05) is 11.6 Å². The minimum atomic E-state index is -3.15. The first-order chi connectivity index (χ1) is 9.88. The van der Waals surface area contributed by atoms with Crippen LogP contribution in [0.15, 0.2) is 6.33 Å². The van der Waals surface area contributed by atoms with Gasteiger partial charge in [0.1, 0.15) is 17.3 Å². The number of sulfonamides is 1. The SMILES string of the molecule is Cc1c(Cl)nc2ncnn2c1N1CCN(S(C)(=O)=O)CC1. The van der Waals surface area contributed by atoms with Crippen LogP contribution in [0.2, 0.25) is 5.15 Å². The molecule has 0 spiro atoms. The first kappa shape index (κ1) is 14.5. The summed E-state index contributed by atoms with van der Waals surface area (Å²) in [5.74, 6) is 1.25. The van der Waals surface area contributed by atoms with Crippen molar-refractivity contribution in [3.05, 3.63) is 17.0 Å². The van der Waals surface area contributed by atoms with Crippen LogP contribution in [0.4, 0.5) is 5.82 Å². The molecule has 1 fully saturated rings. The molecule has 2 aromatic rings. The van der Waals surface area contributed by atoms with E-state index in [0.29, 0.717) is 37.1 Å². The number of hydrogen-bond donors (Lipinski definition) is 0. The molecule has 3 rings (SSSR count). The molecule has 2 aromatic heterocycles. The summed E-state index contributed by atoms with van der Waals surface area (Å²) in [5.41, 5.74) is 0.808. The van der Waals surface area contributed by atoms with Crippen LogP contribution in [-0.4, -0.2) is 64.7 Å². The van der Waals surface area contributed by atoms with E-state index in [-0.39, 0.29) is 0 Å². The van der Waals surface area contributed by atoms with Crippen LogP contribution in [0.25, 0.3) is 5.78 Å². The third kappa shape index (κ3) is 2.56. The molecule has 8 nitrogen and oxygen atoms in total. The Morgan fingerprint density at radius 3 is 2.52 bits per heavy atom. The van der Waals surface area contributed by atoms with Gasteiger partial charge in [-0.3, -0.25) is 0 Å². The van der Waals surface area contributed by atoms with Gasteiger partial charge in [0.25, 0.3) is 5.78 Å². The number of nitrogens with zero attached hydrogens (tertiary/aromatic N) is 6. The molecule has 0 aromatic carbocycles. The first-order valence-electron chi connectivity index (χ1n) is 6.44. The van der Waals surface area contributed by atoms with Crippen LogP contribution < -0.4 is 4.90 Å². The Labute approximate surface area is 127 Å². The summed E-state index contributed by atoms with van der Waals surface area (Å²) in [6.45, 7) is 3.89. The van der Waals surface area contributed by atoms with Crippen molar-refractivity contribution in [2.24, 2.45) is 0 Å². The van der Waals surface area contributed by atoms with E-state index >= 15 is 0 Å². The summed E-state index contributed by atoms with van der Waals surface area (Å²) in [6.07, 6.45) is 2.65. The van der Waals surface area contributed by atoms with Gasteiger partial charge in [-0.15, -0.1) is 0 Å². The molecule has 0 amide bonds. The van der Waals surface area contributed by atoms with Crippen LogP contribution in [0.1, 0.15) is 5.56 Å². The van der Waals surface area contributed by atoms with E-state index < -0.39 is 10.0 Å². The zero-order valence-corrected chi connectivity index (χ0v) is 13.3. The number of hydrogen-bond acceptors (Lipinski definition) is 6. The molecule has 0 atom stereocenters. The van der Waals surface area contributed by atoms with E-state index in [2.05, 4.69) is 20.0 Å². The molecular weight excluding hydrogens is 316 g/mol. The van der Waals surface area contributed by atoms with Gasteiger partial charge in [-0.25, -0.2) is 8.42 Å². The van der Waals surface area contributed by atoms with Gasteiger partial charge in [0.05, 0.1) is 6.26 Å². The molecule has 10 heteroatoms. The summed E-state index contributed by atoms with van der Waals surface area (Å²) < 4.78 is 26.2. The van der Waals surface area contributed by atoms with Gasteiger partial charge < -0.3 is 4.90 Å². The number of fused-ring (bicyclic) bond motifs is 1. The number of piperazine rings is 1. The molecule has 0 unspecified atom stereocenters. The van der Waals surface area contributed by atoms with Crippen molar-refractivity contribution in [1.29, 1.82) is 0 Å². The molecule has 21 heavy (non-hydrogen) atoms. The predicted octanol–water partition coefficient (Wildman–Crippen LogP) is 0.168. The van der Waals surface area contributed by atoms with Gasteiger partial charge in [0.15, 0.2) is 0 Å².